The Kier molecular flexibility index (Phi) is 10.4. The third-order valence-electron chi connectivity index (χ3n) is 7.10. The summed E-state index contributed by atoms with van der Waals surface area (Å²) in [4.78, 5) is 29.2. The third kappa shape index (κ3) is 8.45. The number of hydrogen-bond acceptors (Lipinski definition) is 3. The van der Waals surface area contributed by atoms with Crippen molar-refractivity contribution in [2.45, 2.75) is 69.8 Å². The van der Waals surface area contributed by atoms with Crippen LogP contribution in [0, 0.1) is 12.7 Å². The van der Waals surface area contributed by atoms with E-state index in [0.717, 1.165) is 42.4 Å². The van der Waals surface area contributed by atoms with Crippen molar-refractivity contribution in [3.05, 3.63) is 107 Å². The first-order chi connectivity index (χ1) is 18.5. The third-order valence-corrected chi connectivity index (χ3v) is 8.09. The molecule has 4 nitrogen and oxygen atoms in total. The number of rotatable bonds is 11. The molecule has 0 heterocycles. The molecule has 0 aromatic heterocycles. The van der Waals surface area contributed by atoms with E-state index in [1.807, 2.05) is 30.3 Å². The Bertz CT molecular complexity index is 1160. The van der Waals surface area contributed by atoms with Gasteiger partial charge in [0.15, 0.2) is 0 Å². The van der Waals surface area contributed by atoms with Gasteiger partial charge in [0.1, 0.15) is 11.9 Å². The molecule has 6 heteroatoms. The summed E-state index contributed by atoms with van der Waals surface area (Å²) in [7, 11) is 0. The van der Waals surface area contributed by atoms with Crippen LogP contribution in [0.1, 0.15) is 54.4 Å². The topological polar surface area (TPSA) is 49.4 Å². The molecule has 0 aliphatic heterocycles. The van der Waals surface area contributed by atoms with Gasteiger partial charge in [-0.2, -0.15) is 0 Å². The fourth-order valence-corrected chi connectivity index (χ4v) is 5.78. The number of halogens is 1. The zero-order chi connectivity index (χ0) is 26.7. The first-order valence-electron chi connectivity index (χ1n) is 13.5. The highest BCUT2D eigenvalue weighted by molar-refractivity contribution is 7.99. The van der Waals surface area contributed by atoms with Gasteiger partial charge in [-0.25, -0.2) is 4.39 Å². The fraction of sp³-hybridized carbons (Fsp3) is 0.375. The van der Waals surface area contributed by atoms with Gasteiger partial charge in [-0.15, -0.1) is 11.8 Å². The average molecular weight is 533 g/mol. The van der Waals surface area contributed by atoms with Gasteiger partial charge in [-0.3, -0.25) is 9.59 Å². The molecule has 1 N–H and O–H groups in total. The number of nitrogens with zero attached hydrogens (tertiary/aromatic N) is 1. The minimum absolute atomic E-state index is 0.0915. The quantitative estimate of drug-likeness (QED) is 0.309. The summed E-state index contributed by atoms with van der Waals surface area (Å²) in [5.41, 5.74) is 4.16. The molecular formula is C32H37FN2O2S. The van der Waals surface area contributed by atoms with Crippen LogP contribution in [0.15, 0.2) is 78.9 Å². The summed E-state index contributed by atoms with van der Waals surface area (Å²) < 4.78 is 13.6. The number of nitrogens with one attached hydrogen (secondary N) is 1. The van der Waals surface area contributed by atoms with Crippen molar-refractivity contribution in [3.63, 3.8) is 0 Å². The second-order valence-corrected chi connectivity index (χ2v) is 11.2. The van der Waals surface area contributed by atoms with E-state index in [2.05, 4.69) is 36.5 Å². The van der Waals surface area contributed by atoms with Gasteiger partial charge in [0, 0.05) is 24.8 Å². The van der Waals surface area contributed by atoms with E-state index in [-0.39, 0.29) is 36.0 Å². The largest absolute Gasteiger partial charge is 0.352 e. The van der Waals surface area contributed by atoms with Gasteiger partial charge >= 0.3 is 0 Å². The summed E-state index contributed by atoms with van der Waals surface area (Å²) in [5.74, 6) is 0.451. The number of carbonyl (C=O) groups is 2. The number of hydrogen-bond donors (Lipinski definition) is 1. The van der Waals surface area contributed by atoms with Gasteiger partial charge in [-0.05, 0) is 48.6 Å². The fourth-order valence-electron chi connectivity index (χ4n) is 4.91. The van der Waals surface area contributed by atoms with Gasteiger partial charge in [0.2, 0.25) is 11.8 Å². The Morgan fingerprint density at radius 2 is 1.55 bits per heavy atom. The molecule has 3 aromatic rings. The Morgan fingerprint density at radius 1 is 0.895 bits per heavy atom. The molecule has 1 fully saturated rings. The maximum Gasteiger partial charge on any atom is 0.243 e. The van der Waals surface area contributed by atoms with Gasteiger partial charge in [0.25, 0.3) is 0 Å². The number of benzene rings is 3. The van der Waals surface area contributed by atoms with E-state index < -0.39 is 6.04 Å². The second-order valence-electron chi connectivity index (χ2n) is 10.2. The van der Waals surface area contributed by atoms with E-state index in [0.29, 0.717) is 12.2 Å². The van der Waals surface area contributed by atoms with Crippen LogP contribution >= 0.6 is 11.8 Å². The van der Waals surface area contributed by atoms with Crippen molar-refractivity contribution >= 4 is 23.6 Å². The van der Waals surface area contributed by atoms with E-state index >= 15 is 0 Å². The van der Waals surface area contributed by atoms with E-state index in [1.165, 1.54) is 24.1 Å². The van der Waals surface area contributed by atoms with Crippen LogP contribution in [0.2, 0.25) is 0 Å². The van der Waals surface area contributed by atoms with Crippen LogP contribution in [-0.2, 0) is 28.3 Å². The minimum atomic E-state index is -0.656. The lowest BCUT2D eigenvalue weighted by Gasteiger charge is -2.33. The minimum Gasteiger partial charge on any atom is -0.352 e. The molecule has 4 rings (SSSR count). The first-order valence-corrected chi connectivity index (χ1v) is 14.6. The molecule has 1 aliphatic rings. The summed E-state index contributed by atoms with van der Waals surface area (Å²) in [6.07, 6.45) is 5.80. The molecule has 200 valence electrons. The second kappa shape index (κ2) is 14.1. The molecule has 38 heavy (non-hydrogen) atoms. The highest BCUT2D eigenvalue weighted by atomic mass is 32.2. The molecule has 0 spiro atoms. The van der Waals surface area contributed by atoms with Crippen LogP contribution in [0.3, 0.4) is 0 Å². The van der Waals surface area contributed by atoms with Crippen LogP contribution in [0.25, 0.3) is 0 Å². The average Bonchev–Trinajstić information content (AvgIpc) is 2.94. The number of carbonyl (C=O) groups excluding carboxylic acids is 2. The summed E-state index contributed by atoms with van der Waals surface area (Å²) in [6.45, 7) is 2.30. The maximum atomic E-state index is 13.8. The molecule has 1 unspecified atom stereocenters. The van der Waals surface area contributed by atoms with Crippen LogP contribution in [0.5, 0.6) is 0 Å². The molecule has 0 bridgehead atoms. The van der Waals surface area contributed by atoms with Crippen molar-refractivity contribution in [1.82, 2.24) is 10.2 Å². The van der Waals surface area contributed by atoms with Gasteiger partial charge in [0.05, 0.1) is 5.75 Å². The van der Waals surface area contributed by atoms with E-state index in [9.17, 15) is 14.0 Å². The molecule has 1 saturated carbocycles. The van der Waals surface area contributed by atoms with Gasteiger partial charge < -0.3 is 10.2 Å². The van der Waals surface area contributed by atoms with Crippen molar-refractivity contribution in [3.8, 4) is 0 Å². The Morgan fingerprint density at radius 3 is 2.24 bits per heavy atom. The zero-order valence-corrected chi connectivity index (χ0v) is 22.9. The summed E-state index contributed by atoms with van der Waals surface area (Å²) in [6, 6.07) is 23.8. The van der Waals surface area contributed by atoms with Crippen LogP contribution in [0.4, 0.5) is 4.39 Å². The maximum absolute atomic E-state index is 13.8. The van der Waals surface area contributed by atoms with E-state index in [1.54, 1.807) is 28.8 Å². The molecule has 1 atom stereocenters. The van der Waals surface area contributed by atoms with Crippen LogP contribution in [-0.4, -0.2) is 34.6 Å². The highest BCUT2D eigenvalue weighted by Crippen LogP contribution is 2.21. The molecule has 1 aliphatic carbocycles. The number of thioether (sulfide) groups is 1. The smallest absolute Gasteiger partial charge is 0.243 e. The Balaban J connectivity index is 1.55. The predicted octanol–water partition coefficient (Wildman–Crippen LogP) is 6.46. The Labute approximate surface area is 230 Å². The summed E-state index contributed by atoms with van der Waals surface area (Å²) >= 11 is 1.55. The Hall–Kier alpha value is -3.12. The monoisotopic (exact) mass is 532 g/mol. The molecular weight excluding hydrogens is 495 g/mol. The molecule has 0 saturated heterocycles. The lowest BCUT2D eigenvalue weighted by molar-refractivity contribution is -0.139. The predicted molar refractivity (Wildman–Crippen MR) is 153 cm³/mol. The first kappa shape index (κ1) is 27.9. The lowest BCUT2D eigenvalue weighted by Crippen LogP contribution is -2.53. The van der Waals surface area contributed by atoms with E-state index in [4.69, 9.17) is 0 Å². The van der Waals surface area contributed by atoms with Crippen LogP contribution < -0.4 is 5.32 Å². The SMILES string of the molecule is Cc1ccc(CSCC(=O)N(Cc2ccc(F)cc2)C(Cc2ccccc2)C(=O)NC2CCCCC2)cc1. The zero-order valence-electron chi connectivity index (χ0n) is 22.1. The normalized spacial score (nSPS) is 14.6. The van der Waals surface area contributed by atoms with Crippen molar-refractivity contribution in [2.75, 3.05) is 5.75 Å². The summed E-state index contributed by atoms with van der Waals surface area (Å²) in [5, 5.41) is 3.26. The molecule has 2 amide bonds. The van der Waals surface area contributed by atoms with Crippen molar-refractivity contribution in [1.29, 1.82) is 0 Å². The molecule has 0 radical (unpaired) electrons. The molecule has 3 aromatic carbocycles. The standard InChI is InChI=1S/C32H37FN2O2S/c1-24-12-14-27(15-13-24)22-38-23-31(36)35(21-26-16-18-28(33)19-17-26)30(20-25-8-4-2-5-9-25)32(37)34-29-10-6-3-7-11-29/h2,4-5,8-9,12-19,29-30H,3,6-7,10-11,20-23H2,1H3,(H,34,37). The highest BCUT2D eigenvalue weighted by Gasteiger charge is 2.31. The van der Waals surface area contributed by atoms with Crippen molar-refractivity contribution < 1.29 is 14.0 Å². The van der Waals surface area contributed by atoms with Crippen molar-refractivity contribution in [2.24, 2.45) is 0 Å². The number of amides is 2. The number of aryl methyl sites for hydroxylation is 1. The van der Waals surface area contributed by atoms with Gasteiger partial charge in [-0.1, -0.05) is 91.6 Å². The lowest BCUT2D eigenvalue weighted by atomic mass is 9.94.